The average molecular weight is 402 g/mol. The van der Waals surface area contributed by atoms with Crippen LogP contribution in [0.4, 0.5) is 4.79 Å². The third-order valence-electron chi connectivity index (χ3n) is 4.60. The summed E-state index contributed by atoms with van der Waals surface area (Å²) in [7, 11) is 3.91. The van der Waals surface area contributed by atoms with Crippen LogP contribution in [0.25, 0.3) is 0 Å². The molecule has 158 valence electrons. The van der Waals surface area contributed by atoms with Crippen molar-refractivity contribution >= 4 is 17.8 Å². The van der Waals surface area contributed by atoms with Crippen molar-refractivity contribution in [3.8, 4) is 5.75 Å². The van der Waals surface area contributed by atoms with Gasteiger partial charge in [0.2, 0.25) is 5.91 Å². The first kappa shape index (κ1) is 22.4. The van der Waals surface area contributed by atoms with Gasteiger partial charge < -0.3 is 20.3 Å². The van der Waals surface area contributed by atoms with Gasteiger partial charge in [0.1, 0.15) is 24.4 Å². The molecule has 1 aromatic rings. The molecule has 1 atom stereocenters. The number of hydrogen-bond donors (Lipinski definition) is 2. The predicted molar refractivity (Wildman–Crippen MR) is 111 cm³/mol. The number of amides is 4. The van der Waals surface area contributed by atoms with E-state index in [0.29, 0.717) is 24.5 Å². The van der Waals surface area contributed by atoms with E-state index in [2.05, 4.69) is 17.2 Å². The monoisotopic (exact) mass is 402 g/mol. The van der Waals surface area contributed by atoms with Gasteiger partial charge in [0.25, 0.3) is 5.91 Å². The maximum absolute atomic E-state index is 12.9. The molecule has 1 aliphatic rings. The van der Waals surface area contributed by atoms with E-state index in [4.69, 9.17) is 4.74 Å². The fourth-order valence-electron chi connectivity index (χ4n) is 2.95. The molecule has 1 aromatic carbocycles. The molecule has 2 N–H and O–H groups in total. The lowest BCUT2D eigenvalue weighted by atomic mass is 9.92. The molecule has 29 heavy (non-hydrogen) atoms. The number of urea groups is 1. The Bertz CT molecular complexity index is 775. The number of nitrogens with one attached hydrogen (secondary N) is 2. The second-order valence-electron chi connectivity index (χ2n) is 7.72. The Hall–Kier alpha value is -2.87. The third kappa shape index (κ3) is 5.80. The maximum atomic E-state index is 12.9. The van der Waals surface area contributed by atoms with Crippen LogP contribution in [0.15, 0.2) is 36.4 Å². The van der Waals surface area contributed by atoms with Gasteiger partial charge in [-0.3, -0.25) is 14.5 Å². The molecule has 8 nitrogen and oxygen atoms in total. The Morgan fingerprint density at radius 3 is 2.52 bits per heavy atom. The average Bonchev–Trinajstić information content (AvgIpc) is 2.88. The highest BCUT2D eigenvalue weighted by Crippen LogP contribution is 2.30. The lowest BCUT2D eigenvalue weighted by Crippen LogP contribution is -2.43. The van der Waals surface area contributed by atoms with Crippen LogP contribution in [-0.2, 0) is 15.1 Å². The number of nitrogens with zero attached hydrogens (tertiary/aromatic N) is 2. The van der Waals surface area contributed by atoms with Crippen LogP contribution in [0.1, 0.15) is 25.8 Å². The summed E-state index contributed by atoms with van der Waals surface area (Å²) in [5, 5.41) is 5.44. The largest absolute Gasteiger partial charge is 0.489 e. The van der Waals surface area contributed by atoms with Gasteiger partial charge in [0.05, 0.1) is 0 Å². The second kappa shape index (κ2) is 9.56. The summed E-state index contributed by atoms with van der Waals surface area (Å²) in [5.41, 5.74) is 0.289. The molecule has 0 saturated carbocycles. The number of ether oxygens (including phenoxy) is 1. The minimum Gasteiger partial charge on any atom is -0.489 e. The van der Waals surface area contributed by atoms with Crippen LogP contribution >= 0.6 is 0 Å². The summed E-state index contributed by atoms with van der Waals surface area (Å²) in [4.78, 5) is 40.4. The van der Waals surface area contributed by atoms with Crippen LogP contribution in [0, 0.1) is 0 Å². The summed E-state index contributed by atoms with van der Waals surface area (Å²) in [5.74, 6) is -0.173. The molecule has 1 heterocycles. The minimum atomic E-state index is -1.23. The van der Waals surface area contributed by atoms with Gasteiger partial charge in [-0.25, -0.2) is 4.79 Å². The third-order valence-corrected chi connectivity index (χ3v) is 4.60. The highest BCUT2D eigenvalue weighted by Gasteiger charge is 2.49. The standard InChI is InChI=1S/C21H30N4O4/c1-15(2)14-29-17-9-7-16(8-10-17)21(3)19(27)25(20(28)23-21)13-18(26)22-11-6-12-24(4)5/h7-10H,1,6,11-14H2,2-5H3,(H,22,26)(H,23,28). The number of rotatable bonds is 10. The summed E-state index contributed by atoms with van der Waals surface area (Å²) >= 11 is 0. The van der Waals surface area contributed by atoms with Crippen molar-refractivity contribution in [2.24, 2.45) is 0 Å². The molecular formula is C21H30N4O4. The number of imide groups is 1. The van der Waals surface area contributed by atoms with Crippen LogP contribution in [-0.4, -0.2) is 68.0 Å². The molecule has 8 heteroatoms. The van der Waals surface area contributed by atoms with Crippen molar-refractivity contribution in [1.29, 1.82) is 0 Å². The van der Waals surface area contributed by atoms with Crippen LogP contribution in [0.5, 0.6) is 5.75 Å². The molecule has 1 saturated heterocycles. The zero-order chi connectivity index (χ0) is 21.6. The highest BCUT2D eigenvalue weighted by atomic mass is 16.5. The Morgan fingerprint density at radius 1 is 1.28 bits per heavy atom. The lowest BCUT2D eigenvalue weighted by Gasteiger charge is -2.22. The Kier molecular flexibility index (Phi) is 7.39. The van der Waals surface area contributed by atoms with E-state index in [9.17, 15) is 14.4 Å². The zero-order valence-corrected chi connectivity index (χ0v) is 17.6. The summed E-state index contributed by atoms with van der Waals surface area (Å²) < 4.78 is 5.56. The predicted octanol–water partition coefficient (Wildman–Crippen LogP) is 1.48. The fraction of sp³-hybridized carbons (Fsp3) is 0.476. The SMILES string of the molecule is C=C(C)COc1ccc(C2(C)NC(=O)N(CC(=O)NCCCN(C)C)C2=O)cc1. The van der Waals surface area contributed by atoms with Gasteiger partial charge in [-0.05, 0) is 64.2 Å². The molecule has 1 fully saturated rings. The van der Waals surface area contributed by atoms with Crippen molar-refractivity contribution in [2.45, 2.75) is 25.8 Å². The lowest BCUT2D eigenvalue weighted by molar-refractivity contribution is -0.134. The molecule has 2 rings (SSSR count). The van der Waals surface area contributed by atoms with E-state index in [1.165, 1.54) is 0 Å². The molecule has 0 radical (unpaired) electrons. The van der Waals surface area contributed by atoms with Crippen molar-refractivity contribution in [3.63, 3.8) is 0 Å². The normalized spacial score (nSPS) is 18.7. The topological polar surface area (TPSA) is 91.0 Å². The first-order valence-electron chi connectivity index (χ1n) is 9.56. The zero-order valence-electron chi connectivity index (χ0n) is 17.6. The molecule has 4 amide bonds. The summed E-state index contributed by atoms with van der Waals surface area (Å²) in [6.07, 6.45) is 0.788. The molecule has 0 spiro atoms. The molecule has 0 bridgehead atoms. The van der Waals surface area contributed by atoms with Crippen molar-refractivity contribution in [3.05, 3.63) is 42.0 Å². The number of carbonyl (C=O) groups is 3. The van der Waals surface area contributed by atoms with E-state index in [0.717, 1.165) is 23.4 Å². The smallest absolute Gasteiger partial charge is 0.325 e. The first-order valence-corrected chi connectivity index (χ1v) is 9.56. The van der Waals surface area contributed by atoms with Crippen molar-refractivity contribution in [2.75, 3.05) is 40.3 Å². The van der Waals surface area contributed by atoms with E-state index < -0.39 is 17.5 Å². The highest BCUT2D eigenvalue weighted by molar-refractivity contribution is 6.09. The molecule has 0 aliphatic carbocycles. The minimum absolute atomic E-state index is 0.304. The molecule has 0 aromatic heterocycles. The number of hydrogen-bond acceptors (Lipinski definition) is 5. The second-order valence-corrected chi connectivity index (χ2v) is 7.72. The van der Waals surface area contributed by atoms with Crippen LogP contribution < -0.4 is 15.4 Å². The van der Waals surface area contributed by atoms with Crippen molar-refractivity contribution < 1.29 is 19.1 Å². The first-order chi connectivity index (χ1) is 13.6. The van der Waals surface area contributed by atoms with Gasteiger partial charge in [-0.2, -0.15) is 0 Å². The van der Waals surface area contributed by atoms with Gasteiger partial charge >= 0.3 is 6.03 Å². The maximum Gasteiger partial charge on any atom is 0.325 e. The summed E-state index contributed by atoms with van der Waals surface area (Å²) in [6, 6.07) is 6.36. The quantitative estimate of drug-likeness (QED) is 0.351. The Balaban J connectivity index is 1.99. The van der Waals surface area contributed by atoms with E-state index in [1.807, 2.05) is 25.9 Å². The summed E-state index contributed by atoms with van der Waals surface area (Å²) in [6.45, 7) is 8.72. The van der Waals surface area contributed by atoms with Gasteiger partial charge in [0, 0.05) is 6.54 Å². The van der Waals surface area contributed by atoms with Gasteiger partial charge in [-0.1, -0.05) is 18.7 Å². The van der Waals surface area contributed by atoms with Crippen LogP contribution in [0.2, 0.25) is 0 Å². The van der Waals surface area contributed by atoms with Gasteiger partial charge in [0.15, 0.2) is 0 Å². The van der Waals surface area contributed by atoms with Crippen molar-refractivity contribution in [1.82, 2.24) is 20.4 Å². The number of benzene rings is 1. The fourth-order valence-corrected chi connectivity index (χ4v) is 2.95. The van der Waals surface area contributed by atoms with E-state index >= 15 is 0 Å². The van der Waals surface area contributed by atoms with E-state index in [-0.39, 0.29) is 12.5 Å². The van der Waals surface area contributed by atoms with Gasteiger partial charge in [-0.15, -0.1) is 0 Å². The number of carbonyl (C=O) groups excluding carboxylic acids is 3. The molecule has 1 unspecified atom stereocenters. The van der Waals surface area contributed by atoms with Crippen LogP contribution in [0.3, 0.4) is 0 Å². The Labute approximate surface area is 171 Å². The van der Waals surface area contributed by atoms with E-state index in [1.54, 1.807) is 31.2 Å². The Morgan fingerprint density at radius 2 is 1.93 bits per heavy atom. The molecular weight excluding hydrogens is 372 g/mol. The molecule has 1 aliphatic heterocycles.